The highest BCUT2D eigenvalue weighted by molar-refractivity contribution is 6.34. The molecule has 1 amide bonds. The van der Waals surface area contributed by atoms with E-state index < -0.39 is 45.5 Å². The molecule has 3 aromatic rings. The zero-order valence-electron chi connectivity index (χ0n) is 27.8. The van der Waals surface area contributed by atoms with E-state index in [9.17, 15) is 19.2 Å². The molecule has 0 aliphatic carbocycles. The number of amides is 1. The monoisotopic (exact) mass is 678 g/mol. The van der Waals surface area contributed by atoms with Gasteiger partial charge in [0.1, 0.15) is 28.8 Å². The predicted molar refractivity (Wildman–Crippen MR) is 186 cm³/mol. The van der Waals surface area contributed by atoms with Crippen LogP contribution in [0.3, 0.4) is 0 Å². The fourth-order valence-corrected chi connectivity index (χ4v) is 6.17. The first-order valence-corrected chi connectivity index (χ1v) is 15.9. The number of pyridine rings is 2. The fourth-order valence-electron chi connectivity index (χ4n) is 5.93. The van der Waals surface area contributed by atoms with Crippen molar-refractivity contribution in [1.29, 1.82) is 5.26 Å². The summed E-state index contributed by atoms with van der Waals surface area (Å²) in [6.45, 7) is 19.0. The number of benzene rings is 1. The normalized spacial score (nSPS) is 15.7. The number of nitriles is 1. The molecule has 1 fully saturated rings. The summed E-state index contributed by atoms with van der Waals surface area (Å²) in [4.78, 5) is 35.1. The molecular formula is C36H38ClF3N6O2. The number of hydrogen-bond acceptors (Lipinski definition) is 6. The maximum absolute atomic E-state index is 15.6. The summed E-state index contributed by atoms with van der Waals surface area (Å²) >= 11 is 6.74. The number of fused-ring (bicyclic) bond motifs is 1. The van der Waals surface area contributed by atoms with Crippen LogP contribution in [0.15, 0.2) is 53.4 Å². The molecule has 3 heterocycles. The van der Waals surface area contributed by atoms with Crippen molar-refractivity contribution in [3.05, 3.63) is 92.6 Å². The molecule has 0 unspecified atom stereocenters. The van der Waals surface area contributed by atoms with Crippen molar-refractivity contribution >= 4 is 45.6 Å². The molecule has 1 saturated heterocycles. The van der Waals surface area contributed by atoms with Gasteiger partial charge in [-0.1, -0.05) is 57.7 Å². The number of aromatic nitrogens is 2. The molecule has 2 aromatic heterocycles. The number of allylic oxidation sites excluding steroid dienone is 5. The first-order valence-electron chi connectivity index (χ1n) is 15.5. The second kappa shape index (κ2) is 14.1. The third kappa shape index (κ3) is 6.13. The van der Waals surface area contributed by atoms with Gasteiger partial charge in [-0.05, 0) is 56.4 Å². The number of carbonyl (C=O) groups excluding carboxylic acids is 1. The van der Waals surface area contributed by atoms with Crippen LogP contribution < -0.4 is 16.2 Å². The van der Waals surface area contributed by atoms with Crippen LogP contribution in [-0.4, -0.2) is 46.0 Å². The third-order valence-electron chi connectivity index (χ3n) is 8.60. The Morgan fingerprint density at radius 1 is 1.25 bits per heavy atom. The number of carbonyl (C=O) groups is 1. The van der Waals surface area contributed by atoms with Gasteiger partial charge in [-0.25, -0.2) is 18.2 Å². The Labute approximate surface area is 282 Å². The van der Waals surface area contributed by atoms with Crippen molar-refractivity contribution in [3.63, 3.8) is 0 Å². The molecule has 0 bridgehead atoms. The van der Waals surface area contributed by atoms with E-state index in [0.29, 0.717) is 23.3 Å². The second-order valence-electron chi connectivity index (χ2n) is 12.1. The number of nitrogens with two attached hydrogens (primary N) is 1. The summed E-state index contributed by atoms with van der Waals surface area (Å²) in [5.41, 5.74) is 3.76. The summed E-state index contributed by atoms with van der Waals surface area (Å²) in [5.74, 6) is -4.32. The summed E-state index contributed by atoms with van der Waals surface area (Å²) < 4.78 is 47.0. The number of piperazine rings is 1. The fraction of sp³-hybridized carbons (Fsp3) is 0.333. The topological polar surface area (TPSA) is 108 Å². The Hall–Kier alpha value is -4.82. The quantitative estimate of drug-likeness (QED) is 0.150. The number of anilines is 2. The van der Waals surface area contributed by atoms with E-state index in [1.807, 2.05) is 39.8 Å². The van der Waals surface area contributed by atoms with E-state index in [1.165, 1.54) is 16.7 Å². The van der Waals surface area contributed by atoms with E-state index in [1.54, 1.807) is 16.7 Å². The average molecular weight is 679 g/mol. The van der Waals surface area contributed by atoms with Crippen LogP contribution in [0, 0.1) is 41.6 Å². The lowest BCUT2D eigenvalue weighted by Crippen LogP contribution is -2.54. The summed E-state index contributed by atoms with van der Waals surface area (Å²) in [6.07, 6.45) is 5.63. The van der Waals surface area contributed by atoms with Crippen molar-refractivity contribution in [2.45, 2.75) is 54.0 Å². The average Bonchev–Trinajstić information content (AvgIpc) is 3.06. The Morgan fingerprint density at radius 2 is 1.92 bits per heavy atom. The number of nitrogens with zero attached hydrogens (tertiary/aromatic N) is 5. The Kier molecular flexibility index (Phi) is 10.6. The van der Waals surface area contributed by atoms with Gasteiger partial charge < -0.3 is 15.5 Å². The molecule has 1 aliphatic rings. The zero-order chi connectivity index (χ0) is 35.8. The van der Waals surface area contributed by atoms with Gasteiger partial charge in [0.05, 0.1) is 27.7 Å². The third-order valence-corrected chi connectivity index (χ3v) is 8.89. The highest BCUT2D eigenvalue weighted by atomic mass is 35.5. The van der Waals surface area contributed by atoms with Crippen molar-refractivity contribution in [2.24, 2.45) is 5.92 Å². The number of nitrogen functional groups attached to an aromatic ring is 1. The molecule has 48 heavy (non-hydrogen) atoms. The molecule has 12 heteroatoms. The van der Waals surface area contributed by atoms with E-state index in [2.05, 4.69) is 24.2 Å². The van der Waals surface area contributed by atoms with Gasteiger partial charge in [0.15, 0.2) is 11.6 Å². The van der Waals surface area contributed by atoms with Crippen molar-refractivity contribution in [3.8, 4) is 17.3 Å². The summed E-state index contributed by atoms with van der Waals surface area (Å²) in [7, 11) is 0. The van der Waals surface area contributed by atoms with Crippen molar-refractivity contribution in [2.75, 3.05) is 30.3 Å². The summed E-state index contributed by atoms with van der Waals surface area (Å²) in [6, 6.07) is 3.13. The highest BCUT2D eigenvalue weighted by Crippen LogP contribution is 2.41. The molecule has 0 saturated carbocycles. The van der Waals surface area contributed by atoms with Gasteiger partial charge in [0, 0.05) is 36.6 Å². The van der Waals surface area contributed by atoms with Gasteiger partial charge in [-0.15, -0.1) is 0 Å². The standard InChI is InChI=1S/C36H38ClF3N6O2/c1-9-11-12-19(5)33(21(7)18(3)4)46-35-23(15-25(37)32(43-35)27-28(38)22(8)29(39)31(42)30(27)40)34(24(16-41)36(46)48)44-13-14-45(20(6)17-44)26(47)10-2/h10-12,15,18,20H,2,7,9,13-14,17,42H2,1,3-6,8H3/b12-11-,33-19+/t20-/m1/s1. The molecule has 4 rings (SSSR count). The van der Waals surface area contributed by atoms with E-state index in [0.717, 1.165) is 6.92 Å². The number of halogens is 4. The SMILES string of the molecule is C=CC(=O)N1CCN(c2c(C#N)c(=O)n(/C(C(=C)C(C)C)=C(C)/C=C\CC)c3nc(-c4c(F)c(C)c(F)c(N)c4F)c(Cl)cc23)C[C@H]1C. The van der Waals surface area contributed by atoms with Crippen molar-refractivity contribution < 1.29 is 18.0 Å². The molecule has 1 aromatic carbocycles. The Bertz CT molecular complexity index is 2000. The van der Waals surface area contributed by atoms with Crippen molar-refractivity contribution in [1.82, 2.24) is 14.5 Å². The lowest BCUT2D eigenvalue weighted by molar-refractivity contribution is -0.128. The lowest BCUT2D eigenvalue weighted by atomic mass is 9.96. The molecular weight excluding hydrogens is 641 g/mol. The second-order valence-corrected chi connectivity index (χ2v) is 12.5. The van der Waals surface area contributed by atoms with Gasteiger partial charge in [-0.2, -0.15) is 5.26 Å². The number of rotatable bonds is 8. The van der Waals surface area contributed by atoms with Gasteiger partial charge in [0.25, 0.3) is 5.56 Å². The minimum absolute atomic E-state index is 0.0638. The van der Waals surface area contributed by atoms with Crippen LogP contribution in [0.5, 0.6) is 0 Å². The van der Waals surface area contributed by atoms with Crippen LogP contribution >= 0.6 is 11.6 Å². The van der Waals surface area contributed by atoms with E-state index in [4.69, 9.17) is 17.3 Å². The molecule has 0 radical (unpaired) electrons. The molecule has 0 spiro atoms. The maximum atomic E-state index is 15.6. The van der Waals surface area contributed by atoms with E-state index >= 15 is 8.78 Å². The first-order chi connectivity index (χ1) is 22.6. The zero-order valence-corrected chi connectivity index (χ0v) is 28.6. The van der Waals surface area contributed by atoms with Crippen LogP contribution in [0.25, 0.3) is 28.0 Å². The minimum atomic E-state index is -1.40. The van der Waals surface area contributed by atoms with Gasteiger partial charge in [-0.3, -0.25) is 14.2 Å². The molecule has 2 N–H and O–H groups in total. The molecule has 252 valence electrons. The van der Waals surface area contributed by atoms with Crippen LogP contribution in [0.4, 0.5) is 24.5 Å². The summed E-state index contributed by atoms with van der Waals surface area (Å²) in [5, 5.41) is 10.5. The predicted octanol–water partition coefficient (Wildman–Crippen LogP) is 7.53. The molecule has 1 aliphatic heterocycles. The van der Waals surface area contributed by atoms with Crippen LogP contribution in [0.2, 0.25) is 5.02 Å². The smallest absolute Gasteiger partial charge is 0.276 e. The van der Waals surface area contributed by atoms with Crippen LogP contribution in [-0.2, 0) is 4.79 Å². The molecule has 8 nitrogen and oxygen atoms in total. The molecule has 1 atom stereocenters. The Balaban J connectivity index is 2.23. The maximum Gasteiger partial charge on any atom is 0.276 e. The van der Waals surface area contributed by atoms with Gasteiger partial charge in [0.2, 0.25) is 5.91 Å². The Morgan fingerprint density at radius 3 is 2.48 bits per heavy atom. The number of hydrogen-bond donors (Lipinski definition) is 1. The van der Waals surface area contributed by atoms with Crippen LogP contribution in [0.1, 0.15) is 52.2 Å². The van der Waals surface area contributed by atoms with E-state index in [-0.39, 0.29) is 64.8 Å². The largest absolute Gasteiger partial charge is 0.394 e. The first kappa shape index (κ1) is 36.0. The van der Waals surface area contributed by atoms with Gasteiger partial charge >= 0.3 is 0 Å². The lowest BCUT2D eigenvalue weighted by Gasteiger charge is -2.41. The minimum Gasteiger partial charge on any atom is -0.394 e. The highest BCUT2D eigenvalue weighted by Gasteiger charge is 2.33.